The van der Waals surface area contributed by atoms with Crippen LogP contribution in [0.25, 0.3) is 0 Å². The molecule has 0 bridgehead atoms. The highest BCUT2D eigenvalue weighted by atomic mass is 32.2. The molecule has 3 rings (SSSR count). The lowest BCUT2D eigenvalue weighted by Gasteiger charge is -2.30. The van der Waals surface area contributed by atoms with Crippen molar-refractivity contribution in [2.75, 3.05) is 32.1 Å². The Labute approximate surface area is 158 Å². The fourth-order valence-corrected chi connectivity index (χ4v) is 3.69. The summed E-state index contributed by atoms with van der Waals surface area (Å²) in [6, 6.07) is 10.8. The molecule has 0 aromatic heterocycles. The lowest BCUT2D eigenvalue weighted by atomic mass is 10.1. The molecule has 2 aromatic carbocycles. The molecule has 142 valence electrons. The van der Waals surface area contributed by atoms with Crippen LogP contribution in [0.15, 0.2) is 47.4 Å². The number of fused-ring (bicyclic) bond motifs is 1. The molecule has 7 nitrogen and oxygen atoms in total. The molecule has 0 atom stereocenters. The molecular weight excluding hydrogens is 368 g/mol. The van der Waals surface area contributed by atoms with Crippen LogP contribution in [-0.2, 0) is 10.0 Å². The summed E-state index contributed by atoms with van der Waals surface area (Å²) in [5.41, 5.74) is 1.38. The summed E-state index contributed by atoms with van der Waals surface area (Å²) in [5.74, 6) is 0.148. The van der Waals surface area contributed by atoms with Crippen LogP contribution in [0.3, 0.4) is 0 Å². The Hall–Kier alpha value is -2.71. The maximum absolute atomic E-state index is 13.0. The van der Waals surface area contributed by atoms with Crippen molar-refractivity contribution in [1.29, 1.82) is 0 Å². The van der Waals surface area contributed by atoms with E-state index in [1.165, 1.54) is 45.3 Å². The highest BCUT2D eigenvalue weighted by Gasteiger charge is 2.26. The number of sulfonamides is 1. The number of Topliss-reactive ketones (excluding diaryl/α,β-unsaturated/α-hetero) is 1. The van der Waals surface area contributed by atoms with E-state index in [-0.39, 0.29) is 16.6 Å². The second-order valence-electron chi connectivity index (χ2n) is 6.36. The summed E-state index contributed by atoms with van der Waals surface area (Å²) in [5, 5.41) is 0. The van der Waals surface area contributed by atoms with Crippen molar-refractivity contribution in [3.63, 3.8) is 0 Å². The molecule has 1 amide bonds. The van der Waals surface area contributed by atoms with Gasteiger partial charge in [0, 0.05) is 25.2 Å². The second kappa shape index (κ2) is 7.13. The van der Waals surface area contributed by atoms with Crippen LogP contribution in [0.5, 0.6) is 5.75 Å². The van der Waals surface area contributed by atoms with Crippen LogP contribution in [0, 0.1) is 0 Å². The normalized spacial score (nSPS) is 13.9. The Kier molecular flexibility index (Phi) is 5.03. The van der Waals surface area contributed by atoms with Gasteiger partial charge in [-0.15, -0.1) is 0 Å². The minimum absolute atomic E-state index is 0.103. The van der Waals surface area contributed by atoms with E-state index in [0.717, 1.165) is 4.31 Å². The number of hydrogen-bond donors (Lipinski definition) is 0. The van der Waals surface area contributed by atoms with E-state index in [1.807, 2.05) is 0 Å². The standard InChI is InChI=1S/C19H20N2O5S/c1-13(22)15-6-9-18-17(12-15)21(10-11-26-18)19(23)14-4-7-16(8-5-14)27(24,25)20(2)3/h4-9,12H,10-11H2,1-3H3. The number of rotatable bonds is 4. The maximum atomic E-state index is 13.0. The number of amides is 1. The number of carbonyl (C=O) groups is 2. The van der Waals surface area contributed by atoms with Crippen LogP contribution < -0.4 is 9.64 Å². The predicted molar refractivity (Wildman–Crippen MR) is 101 cm³/mol. The fraction of sp³-hybridized carbons (Fsp3) is 0.263. The molecular formula is C19H20N2O5S. The van der Waals surface area contributed by atoms with Gasteiger partial charge in [0.1, 0.15) is 12.4 Å². The Bertz CT molecular complexity index is 997. The number of ketones is 1. The molecule has 2 aromatic rings. The van der Waals surface area contributed by atoms with Crippen molar-refractivity contribution < 1.29 is 22.7 Å². The Morgan fingerprint density at radius 3 is 2.26 bits per heavy atom. The number of anilines is 1. The van der Waals surface area contributed by atoms with E-state index in [1.54, 1.807) is 23.1 Å². The Balaban J connectivity index is 1.94. The SMILES string of the molecule is CC(=O)c1ccc2c(c1)N(C(=O)c1ccc(S(=O)(=O)N(C)C)cc1)CCO2. The molecule has 0 unspecified atom stereocenters. The number of nitrogens with zero attached hydrogens (tertiary/aromatic N) is 2. The Morgan fingerprint density at radius 2 is 1.67 bits per heavy atom. The van der Waals surface area contributed by atoms with Crippen LogP contribution in [0.2, 0.25) is 0 Å². The van der Waals surface area contributed by atoms with Gasteiger partial charge in [-0.25, -0.2) is 12.7 Å². The van der Waals surface area contributed by atoms with Crippen LogP contribution in [-0.4, -0.2) is 51.7 Å². The van der Waals surface area contributed by atoms with Gasteiger partial charge in [0.05, 0.1) is 17.1 Å². The van der Waals surface area contributed by atoms with E-state index in [9.17, 15) is 18.0 Å². The van der Waals surface area contributed by atoms with Crippen LogP contribution in [0.1, 0.15) is 27.6 Å². The average Bonchev–Trinajstić information content (AvgIpc) is 2.66. The monoisotopic (exact) mass is 388 g/mol. The number of ether oxygens (including phenoxy) is 1. The van der Waals surface area contributed by atoms with E-state index in [4.69, 9.17) is 4.74 Å². The van der Waals surface area contributed by atoms with Gasteiger partial charge in [0.15, 0.2) is 5.78 Å². The summed E-state index contributed by atoms with van der Waals surface area (Å²) in [6.07, 6.45) is 0. The largest absolute Gasteiger partial charge is 0.490 e. The van der Waals surface area contributed by atoms with Gasteiger partial charge < -0.3 is 9.64 Å². The minimum Gasteiger partial charge on any atom is -0.490 e. The molecule has 0 aliphatic carbocycles. The van der Waals surface area contributed by atoms with Crippen molar-refractivity contribution >= 4 is 27.4 Å². The van der Waals surface area contributed by atoms with Crippen molar-refractivity contribution in [2.45, 2.75) is 11.8 Å². The molecule has 1 aliphatic rings. The van der Waals surface area contributed by atoms with Gasteiger partial charge >= 0.3 is 0 Å². The van der Waals surface area contributed by atoms with Crippen LogP contribution >= 0.6 is 0 Å². The van der Waals surface area contributed by atoms with Crippen molar-refractivity contribution in [3.05, 3.63) is 53.6 Å². The van der Waals surface area contributed by atoms with E-state index in [0.29, 0.717) is 35.7 Å². The van der Waals surface area contributed by atoms with Gasteiger partial charge in [0.2, 0.25) is 10.0 Å². The Morgan fingerprint density at radius 1 is 1.04 bits per heavy atom. The summed E-state index contributed by atoms with van der Waals surface area (Å²) >= 11 is 0. The molecule has 0 fully saturated rings. The van der Waals surface area contributed by atoms with E-state index in [2.05, 4.69) is 0 Å². The molecule has 0 N–H and O–H groups in total. The lowest BCUT2D eigenvalue weighted by Crippen LogP contribution is -2.38. The summed E-state index contributed by atoms with van der Waals surface area (Å²) in [4.78, 5) is 26.3. The minimum atomic E-state index is -3.56. The highest BCUT2D eigenvalue weighted by Crippen LogP contribution is 2.33. The lowest BCUT2D eigenvalue weighted by molar-refractivity contribution is 0.0973. The molecule has 0 radical (unpaired) electrons. The van der Waals surface area contributed by atoms with Gasteiger partial charge in [-0.2, -0.15) is 0 Å². The average molecular weight is 388 g/mol. The second-order valence-corrected chi connectivity index (χ2v) is 8.51. The molecule has 8 heteroatoms. The quantitative estimate of drug-likeness (QED) is 0.750. The molecule has 1 aliphatic heterocycles. The first-order chi connectivity index (χ1) is 12.7. The molecule has 0 saturated heterocycles. The summed E-state index contributed by atoms with van der Waals surface area (Å²) in [6.45, 7) is 2.14. The summed E-state index contributed by atoms with van der Waals surface area (Å²) in [7, 11) is -0.657. The number of hydrogen-bond acceptors (Lipinski definition) is 5. The first-order valence-corrected chi connectivity index (χ1v) is 9.78. The molecule has 1 heterocycles. The molecule has 27 heavy (non-hydrogen) atoms. The van der Waals surface area contributed by atoms with Crippen molar-refractivity contribution in [2.24, 2.45) is 0 Å². The zero-order valence-corrected chi connectivity index (χ0v) is 16.1. The summed E-state index contributed by atoms with van der Waals surface area (Å²) < 4.78 is 31.0. The highest BCUT2D eigenvalue weighted by molar-refractivity contribution is 7.89. The number of carbonyl (C=O) groups excluding carboxylic acids is 2. The topological polar surface area (TPSA) is 84.0 Å². The third kappa shape index (κ3) is 3.58. The van der Waals surface area contributed by atoms with E-state index < -0.39 is 10.0 Å². The van der Waals surface area contributed by atoms with Gasteiger partial charge in [-0.05, 0) is 49.4 Å². The van der Waals surface area contributed by atoms with Crippen LogP contribution in [0.4, 0.5) is 5.69 Å². The third-order valence-corrected chi connectivity index (χ3v) is 6.18. The zero-order chi connectivity index (χ0) is 19.8. The fourth-order valence-electron chi connectivity index (χ4n) is 2.78. The van der Waals surface area contributed by atoms with Crippen molar-refractivity contribution in [3.8, 4) is 5.75 Å². The van der Waals surface area contributed by atoms with Gasteiger partial charge in [-0.3, -0.25) is 9.59 Å². The molecule has 0 spiro atoms. The smallest absolute Gasteiger partial charge is 0.258 e. The van der Waals surface area contributed by atoms with E-state index >= 15 is 0 Å². The first kappa shape index (κ1) is 19.1. The first-order valence-electron chi connectivity index (χ1n) is 8.34. The van der Waals surface area contributed by atoms with Gasteiger partial charge in [0.25, 0.3) is 5.91 Å². The van der Waals surface area contributed by atoms with Gasteiger partial charge in [-0.1, -0.05) is 0 Å². The zero-order valence-electron chi connectivity index (χ0n) is 15.3. The maximum Gasteiger partial charge on any atom is 0.258 e. The predicted octanol–water partition coefficient (Wildman–Crippen LogP) is 2.18. The number of benzene rings is 2. The van der Waals surface area contributed by atoms with Crippen molar-refractivity contribution in [1.82, 2.24) is 4.31 Å². The molecule has 0 saturated carbocycles. The third-order valence-electron chi connectivity index (χ3n) is 4.35.